The molecule has 1 fully saturated rings. The zero-order valence-electron chi connectivity index (χ0n) is 22.0. The Labute approximate surface area is 199 Å². The Bertz CT molecular complexity index is 859. The molecule has 3 N–H and O–H groups in total. The van der Waals surface area contributed by atoms with Gasteiger partial charge in [0.25, 0.3) is 0 Å². The SMILES string of the molecule is COc1cc(C(C)(C)C)c(OC(C)=O)c(C(C)(C)C)c1CC(C)(O)CCC1(O)CCC(O)C1. The van der Waals surface area contributed by atoms with Gasteiger partial charge in [0.15, 0.2) is 0 Å². The second-order valence-corrected chi connectivity index (χ2v) is 12.2. The van der Waals surface area contributed by atoms with E-state index in [9.17, 15) is 20.1 Å². The number of benzene rings is 1. The number of carbonyl (C=O) groups is 1. The number of esters is 1. The van der Waals surface area contributed by atoms with E-state index in [2.05, 4.69) is 41.5 Å². The van der Waals surface area contributed by atoms with E-state index in [0.29, 0.717) is 43.6 Å². The number of hydrogen-bond acceptors (Lipinski definition) is 6. The highest BCUT2D eigenvalue weighted by atomic mass is 16.5. The van der Waals surface area contributed by atoms with Crippen LogP contribution in [0.1, 0.15) is 104 Å². The third-order valence-electron chi connectivity index (χ3n) is 6.62. The quantitative estimate of drug-likeness (QED) is 0.404. The van der Waals surface area contributed by atoms with Crippen molar-refractivity contribution in [3.05, 3.63) is 22.8 Å². The monoisotopic (exact) mass is 464 g/mol. The van der Waals surface area contributed by atoms with Gasteiger partial charge in [-0.2, -0.15) is 0 Å². The molecule has 3 atom stereocenters. The molecule has 0 spiro atoms. The fourth-order valence-corrected chi connectivity index (χ4v) is 4.91. The van der Waals surface area contributed by atoms with Gasteiger partial charge < -0.3 is 24.8 Å². The van der Waals surface area contributed by atoms with E-state index in [0.717, 1.165) is 16.7 Å². The highest BCUT2D eigenvalue weighted by Crippen LogP contribution is 2.47. The molecular formula is C27H44O6. The van der Waals surface area contributed by atoms with Crippen LogP contribution < -0.4 is 9.47 Å². The summed E-state index contributed by atoms with van der Waals surface area (Å²) < 4.78 is 11.6. The molecule has 1 saturated carbocycles. The Balaban J connectivity index is 2.57. The van der Waals surface area contributed by atoms with Crippen LogP contribution in [-0.4, -0.2) is 45.7 Å². The van der Waals surface area contributed by atoms with Gasteiger partial charge in [0.05, 0.1) is 24.4 Å². The van der Waals surface area contributed by atoms with Crippen LogP contribution in [-0.2, 0) is 22.0 Å². The number of methoxy groups -OCH3 is 1. The fourth-order valence-electron chi connectivity index (χ4n) is 4.91. The highest BCUT2D eigenvalue weighted by molar-refractivity contribution is 5.72. The molecular weight excluding hydrogens is 420 g/mol. The van der Waals surface area contributed by atoms with E-state index < -0.39 is 28.7 Å². The largest absolute Gasteiger partial charge is 0.496 e. The first-order chi connectivity index (χ1) is 14.9. The summed E-state index contributed by atoms with van der Waals surface area (Å²) in [6.45, 7) is 15.5. The van der Waals surface area contributed by atoms with E-state index in [4.69, 9.17) is 9.47 Å². The zero-order valence-corrected chi connectivity index (χ0v) is 22.0. The van der Waals surface area contributed by atoms with Crippen LogP contribution >= 0.6 is 0 Å². The number of aliphatic hydroxyl groups is 3. The first-order valence-corrected chi connectivity index (χ1v) is 11.9. The smallest absolute Gasteiger partial charge is 0.308 e. The Morgan fingerprint density at radius 1 is 1.15 bits per heavy atom. The number of ether oxygens (including phenoxy) is 2. The van der Waals surface area contributed by atoms with Gasteiger partial charge in [-0.05, 0) is 49.5 Å². The molecule has 6 heteroatoms. The maximum absolute atomic E-state index is 12.1. The van der Waals surface area contributed by atoms with Crippen molar-refractivity contribution in [2.45, 2.75) is 122 Å². The lowest BCUT2D eigenvalue weighted by atomic mass is 9.74. The number of aliphatic hydroxyl groups excluding tert-OH is 1. The van der Waals surface area contributed by atoms with Crippen LogP contribution in [0.3, 0.4) is 0 Å². The number of hydrogen-bond donors (Lipinski definition) is 3. The van der Waals surface area contributed by atoms with Crippen LogP contribution in [0, 0.1) is 0 Å². The minimum absolute atomic E-state index is 0.278. The lowest BCUT2D eigenvalue weighted by Gasteiger charge is -2.35. The molecule has 0 radical (unpaired) electrons. The zero-order chi connectivity index (χ0) is 25.4. The molecule has 2 rings (SSSR count). The molecule has 1 aliphatic rings. The molecule has 0 amide bonds. The molecule has 0 heterocycles. The first-order valence-electron chi connectivity index (χ1n) is 11.9. The topological polar surface area (TPSA) is 96.2 Å². The molecule has 1 aromatic carbocycles. The molecule has 1 aliphatic carbocycles. The van der Waals surface area contributed by atoms with Crippen molar-refractivity contribution in [2.24, 2.45) is 0 Å². The molecule has 0 aliphatic heterocycles. The standard InChI is InChI=1S/C27H44O6/c1-17(28)33-23-20(24(2,3)4)14-21(32-9)19(22(23)25(5,6)7)16-26(8,30)12-13-27(31)11-10-18(29)15-27/h14,18,29-31H,10-13,15-16H2,1-9H3. The summed E-state index contributed by atoms with van der Waals surface area (Å²) in [6.07, 6.45) is 2.03. The van der Waals surface area contributed by atoms with Gasteiger partial charge in [-0.3, -0.25) is 4.79 Å². The highest BCUT2D eigenvalue weighted by Gasteiger charge is 2.40. The summed E-state index contributed by atoms with van der Waals surface area (Å²) in [4.78, 5) is 12.1. The molecule has 0 aromatic heterocycles. The van der Waals surface area contributed by atoms with Crippen LogP contribution in [0.25, 0.3) is 0 Å². The van der Waals surface area contributed by atoms with Gasteiger partial charge >= 0.3 is 5.97 Å². The van der Waals surface area contributed by atoms with Crippen molar-refractivity contribution in [1.82, 2.24) is 0 Å². The Morgan fingerprint density at radius 2 is 1.76 bits per heavy atom. The van der Waals surface area contributed by atoms with Gasteiger partial charge in [0, 0.05) is 36.5 Å². The Kier molecular flexibility index (Phi) is 7.99. The summed E-state index contributed by atoms with van der Waals surface area (Å²) in [5, 5.41) is 32.0. The number of carbonyl (C=O) groups excluding carboxylic acids is 1. The van der Waals surface area contributed by atoms with E-state index in [1.54, 1.807) is 14.0 Å². The van der Waals surface area contributed by atoms with E-state index in [1.165, 1.54) is 6.92 Å². The molecule has 6 nitrogen and oxygen atoms in total. The van der Waals surface area contributed by atoms with Crippen molar-refractivity contribution >= 4 is 5.97 Å². The third-order valence-corrected chi connectivity index (χ3v) is 6.62. The van der Waals surface area contributed by atoms with Gasteiger partial charge in [-0.15, -0.1) is 0 Å². The lowest BCUT2D eigenvalue weighted by Crippen LogP contribution is -2.35. The average Bonchev–Trinajstić information content (AvgIpc) is 2.97. The van der Waals surface area contributed by atoms with Gasteiger partial charge in [-0.25, -0.2) is 0 Å². The molecule has 0 saturated heterocycles. The van der Waals surface area contributed by atoms with E-state index in [1.807, 2.05) is 6.07 Å². The molecule has 0 bridgehead atoms. The first kappa shape index (κ1) is 27.6. The van der Waals surface area contributed by atoms with Crippen molar-refractivity contribution in [3.63, 3.8) is 0 Å². The van der Waals surface area contributed by atoms with Crippen molar-refractivity contribution < 1.29 is 29.6 Å². The molecule has 33 heavy (non-hydrogen) atoms. The summed E-state index contributed by atoms with van der Waals surface area (Å²) in [6, 6.07) is 1.92. The normalized spacial score (nSPS) is 23.3. The van der Waals surface area contributed by atoms with Crippen LogP contribution in [0.5, 0.6) is 11.5 Å². The summed E-state index contributed by atoms with van der Waals surface area (Å²) in [5.41, 5.74) is -0.247. The summed E-state index contributed by atoms with van der Waals surface area (Å²) >= 11 is 0. The summed E-state index contributed by atoms with van der Waals surface area (Å²) in [5.74, 6) is 0.790. The third kappa shape index (κ3) is 6.93. The average molecular weight is 465 g/mol. The van der Waals surface area contributed by atoms with Crippen molar-refractivity contribution in [1.29, 1.82) is 0 Å². The van der Waals surface area contributed by atoms with Gasteiger partial charge in [0.2, 0.25) is 0 Å². The minimum atomic E-state index is -1.13. The summed E-state index contributed by atoms with van der Waals surface area (Å²) in [7, 11) is 1.61. The Hall–Kier alpha value is -1.63. The predicted molar refractivity (Wildman–Crippen MR) is 130 cm³/mol. The van der Waals surface area contributed by atoms with E-state index in [-0.39, 0.29) is 11.8 Å². The van der Waals surface area contributed by atoms with Crippen molar-refractivity contribution in [3.8, 4) is 11.5 Å². The Morgan fingerprint density at radius 3 is 2.18 bits per heavy atom. The second kappa shape index (κ2) is 9.55. The van der Waals surface area contributed by atoms with Crippen molar-refractivity contribution in [2.75, 3.05) is 7.11 Å². The van der Waals surface area contributed by atoms with Gasteiger partial charge in [-0.1, -0.05) is 41.5 Å². The van der Waals surface area contributed by atoms with Gasteiger partial charge in [0.1, 0.15) is 11.5 Å². The van der Waals surface area contributed by atoms with Crippen LogP contribution in [0.2, 0.25) is 0 Å². The molecule has 3 unspecified atom stereocenters. The fraction of sp³-hybridized carbons (Fsp3) is 0.741. The predicted octanol–water partition coefficient (Wildman–Crippen LogP) is 4.57. The number of rotatable bonds is 7. The van der Waals surface area contributed by atoms with Crippen LogP contribution in [0.15, 0.2) is 6.07 Å². The molecule has 188 valence electrons. The van der Waals surface area contributed by atoms with Crippen LogP contribution in [0.4, 0.5) is 0 Å². The minimum Gasteiger partial charge on any atom is -0.496 e. The lowest BCUT2D eigenvalue weighted by molar-refractivity contribution is -0.132. The second-order valence-electron chi connectivity index (χ2n) is 12.2. The van der Waals surface area contributed by atoms with E-state index >= 15 is 0 Å². The maximum Gasteiger partial charge on any atom is 0.308 e. The maximum atomic E-state index is 12.1. The molecule has 1 aromatic rings.